The van der Waals surface area contributed by atoms with E-state index in [-0.39, 0.29) is 11.8 Å². The van der Waals surface area contributed by atoms with Gasteiger partial charge in [-0.3, -0.25) is 9.59 Å². The fourth-order valence-corrected chi connectivity index (χ4v) is 3.82. The molecule has 1 N–H and O–H groups in total. The number of nitrogens with one attached hydrogen (secondary N) is 1. The Kier molecular flexibility index (Phi) is 6.21. The highest BCUT2D eigenvalue weighted by atomic mass is 32.1. The van der Waals surface area contributed by atoms with Crippen molar-refractivity contribution in [3.8, 4) is 0 Å². The van der Waals surface area contributed by atoms with E-state index in [0.29, 0.717) is 23.5 Å². The highest BCUT2D eigenvalue weighted by Gasteiger charge is 2.16. The molecule has 0 radical (unpaired) electrons. The van der Waals surface area contributed by atoms with Crippen molar-refractivity contribution in [2.24, 2.45) is 0 Å². The predicted octanol–water partition coefficient (Wildman–Crippen LogP) is 4.27. The standard InChI is InChI=1S/C22H23N3O2S/c1-15-21(28-20(23-15)13-17-8-5-4-6-9-17)22(27)24-19-11-7-10-18(12-19)14-25(3)16(2)26/h4-12H,13-14H2,1-3H3,(H,24,27). The fourth-order valence-electron chi connectivity index (χ4n) is 2.83. The Morgan fingerprint density at radius 1 is 1.07 bits per heavy atom. The summed E-state index contributed by atoms with van der Waals surface area (Å²) >= 11 is 1.42. The molecule has 0 aliphatic heterocycles. The summed E-state index contributed by atoms with van der Waals surface area (Å²) in [6.07, 6.45) is 0.715. The molecule has 0 saturated heterocycles. The molecule has 2 amide bonds. The molecule has 28 heavy (non-hydrogen) atoms. The number of aromatic nitrogens is 1. The normalized spacial score (nSPS) is 10.5. The molecular weight excluding hydrogens is 370 g/mol. The molecule has 0 fully saturated rings. The van der Waals surface area contributed by atoms with Crippen LogP contribution in [-0.4, -0.2) is 28.7 Å². The maximum atomic E-state index is 12.7. The second kappa shape index (κ2) is 8.80. The SMILES string of the molecule is CC(=O)N(C)Cc1cccc(NC(=O)c2sc(Cc3ccccc3)nc2C)c1. The van der Waals surface area contributed by atoms with Gasteiger partial charge in [0.1, 0.15) is 4.88 Å². The van der Waals surface area contributed by atoms with Crippen molar-refractivity contribution in [1.29, 1.82) is 0 Å². The zero-order chi connectivity index (χ0) is 20.1. The van der Waals surface area contributed by atoms with E-state index >= 15 is 0 Å². The Morgan fingerprint density at radius 2 is 1.79 bits per heavy atom. The van der Waals surface area contributed by atoms with Crippen LogP contribution in [0.25, 0.3) is 0 Å². The number of nitrogens with zero attached hydrogens (tertiary/aromatic N) is 2. The van der Waals surface area contributed by atoms with E-state index in [9.17, 15) is 9.59 Å². The average molecular weight is 394 g/mol. The molecule has 0 unspecified atom stereocenters. The van der Waals surface area contributed by atoms with Gasteiger partial charge >= 0.3 is 0 Å². The highest BCUT2D eigenvalue weighted by Crippen LogP contribution is 2.22. The van der Waals surface area contributed by atoms with Crippen LogP contribution >= 0.6 is 11.3 Å². The van der Waals surface area contributed by atoms with Crippen LogP contribution in [0.3, 0.4) is 0 Å². The zero-order valence-electron chi connectivity index (χ0n) is 16.2. The average Bonchev–Trinajstić information content (AvgIpc) is 3.03. The lowest BCUT2D eigenvalue weighted by atomic mass is 10.2. The number of amides is 2. The van der Waals surface area contributed by atoms with Crippen LogP contribution < -0.4 is 5.32 Å². The Hall–Kier alpha value is -2.99. The van der Waals surface area contributed by atoms with Crippen molar-refractivity contribution in [2.75, 3.05) is 12.4 Å². The Labute approximate surface area is 169 Å². The van der Waals surface area contributed by atoms with Crippen molar-refractivity contribution in [3.05, 3.63) is 81.3 Å². The summed E-state index contributed by atoms with van der Waals surface area (Å²) in [5, 5.41) is 3.87. The largest absolute Gasteiger partial charge is 0.342 e. The zero-order valence-corrected chi connectivity index (χ0v) is 17.0. The third kappa shape index (κ3) is 5.04. The molecule has 5 nitrogen and oxygen atoms in total. The number of carbonyl (C=O) groups excluding carboxylic acids is 2. The van der Waals surface area contributed by atoms with Gasteiger partial charge in [-0.1, -0.05) is 42.5 Å². The molecule has 1 aromatic heterocycles. The van der Waals surface area contributed by atoms with E-state index in [4.69, 9.17) is 0 Å². The van der Waals surface area contributed by atoms with Gasteiger partial charge in [0, 0.05) is 32.6 Å². The summed E-state index contributed by atoms with van der Waals surface area (Å²) in [5.74, 6) is -0.160. The fraction of sp³-hybridized carbons (Fsp3) is 0.227. The minimum atomic E-state index is -0.161. The number of aryl methyl sites for hydroxylation is 1. The summed E-state index contributed by atoms with van der Waals surface area (Å²) in [7, 11) is 1.75. The molecule has 2 aromatic carbocycles. The number of hydrogen-bond donors (Lipinski definition) is 1. The van der Waals surface area contributed by atoms with E-state index in [2.05, 4.69) is 22.4 Å². The number of rotatable bonds is 6. The maximum Gasteiger partial charge on any atom is 0.267 e. The Balaban J connectivity index is 1.70. The van der Waals surface area contributed by atoms with Gasteiger partial charge in [0.2, 0.25) is 5.91 Å². The molecule has 0 aliphatic carbocycles. The van der Waals surface area contributed by atoms with Crippen LogP contribution in [0.15, 0.2) is 54.6 Å². The Bertz CT molecular complexity index is 982. The lowest BCUT2D eigenvalue weighted by molar-refractivity contribution is -0.128. The van der Waals surface area contributed by atoms with Crippen molar-refractivity contribution in [1.82, 2.24) is 9.88 Å². The lowest BCUT2D eigenvalue weighted by Crippen LogP contribution is -2.23. The summed E-state index contributed by atoms with van der Waals surface area (Å²) in [5.41, 5.74) is 3.57. The predicted molar refractivity (Wildman–Crippen MR) is 113 cm³/mol. The number of hydrogen-bond acceptors (Lipinski definition) is 4. The molecule has 144 valence electrons. The van der Waals surface area contributed by atoms with Crippen molar-refractivity contribution < 1.29 is 9.59 Å². The first-order chi connectivity index (χ1) is 13.4. The molecule has 3 aromatic rings. The summed E-state index contributed by atoms with van der Waals surface area (Å²) in [4.78, 5) is 31.0. The second-order valence-corrected chi connectivity index (χ2v) is 7.80. The van der Waals surface area contributed by atoms with E-state index in [1.807, 2.05) is 49.4 Å². The van der Waals surface area contributed by atoms with Crippen molar-refractivity contribution >= 4 is 28.8 Å². The van der Waals surface area contributed by atoms with Crippen LogP contribution in [0.4, 0.5) is 5.69 Å². The van der Waals surface area contributed by atoms with Gasteiger partial charge in [-0.2, -0.15) is 0 Å². The van der Waals surface area contributed by atoms with Gasteiger partial charge in [0.05, 0.1) is 10.7 Å². The molecule has 0 saturated carbocycles. The van der Waals surface area contributed by atoms with Gasteiger partial charge in [0.25, 0.3) is 5.91 Å². The molecule has 0 spiro atoms. The molecule has 0 aliphatic rings. The first-order valence-corrected chi connectivity index (χ1v) is 9.86. The minimum absolute atomic E-state index is 0.000619. The smallest absolute Gasteiger partial charge is 0.267 e. The van der Waals surface area contributed by atoms with Crippen LogP contribution in [0.2, 0.25) is 0 Å². The van der Waals surface area contributed by atoms with Crippen LogP contribution in [0, 0.1) is 6.92 Å². The third-order valence-electron chi connectivity index (χ3n) is 4.39. The van der Waals surface area contributed by atoms with Crippen LogP contribution in [0.5, 0.6) is 0 Å². The van der Waals surface area contributed by atoms with Crippen LogP contribution in [-0.2, 0) is 17.8 Å². The first kappa shape index (κ1) is 19.8. The van der Waals surface area contributed by atoms with Gasteiger partial charge < -0.3 is 10.2 Å². The van der Waals surface area contributed by atoms with Crippen molar-refractivity contribution in [2.45, 2.75) is 26.8 Å². The number of benzene rings is 2. The minimum Gasteiger partial charge on any atom is -0.342 e. The van der Waals surface area contributed by atoms with Gasteiger partial charge in [-0.25, -0.2) is 4.98 Å². The topological polar surface area (TPSA) is 62.3 Å². The van der Waals surface area contributed by atoms with E-state index in [1.165, 1.54) is 23.8 Å². The maximum absolute atomic E-state index is 12.7. The molecule has 0 atom stereocenters. The van der Waals surface area contributed by atoms with Crippen molar-refractivity contribution in [3.63, 3.8) is 0 Å². The van der Waals surface area contributed by atoms with Gasteiger partial charge in [-0.15, -0.1) is 11.3 Å². The summed E-state index contributed by atoms with van der Waals surface area (Å²) < 4.78 is 0. The molecule has 3 rings (SSSR count). The first-order valence-electron chi connectivity index (χ1n) is 9.04. The monoisotopic (exact) mass is 393 g/mol. The van der Waals surface area contributed by atoms with Crippen LogP contribution in [0.1, 0.15) is 38.4 Å². The van der Waals surface area contributed by atoms with E-state index in [1.54, 1.807) is 11.9 Å². The molecule has 0 bridgehead atoms. The quantitative estimate of drug-likeness (QED) is 0.680. The number of thiazole rings is 1. The lowest BCUT2D eigenvalue weighted by Gasteiger charge is -2.15. The summed E-state index contributed by atoms with van der Waals surface area (Å²) in [6.45, 7) is 3.89. The molecule has 6 heteroatoms. The number of carbonyl (C=O) groups is 2. The van der Waals surface area contributed by atoms with E-state index < -0.39 is 0 Å². The molecular formula is C22H23N3O2S. The van der Waals surface area contributed by atoms with E-state index in [0.717, 1.165) is 16.3 Å². The number of anilines is 1. The highest BCUT2D eigenvalue weighted by molar-refractivity contribution is 7.14. The van der Waals surface area contributed by atoms with Gasteiger partial charge in [0.15, 0.2) is 0 Å². The third-order valence-corrected chi connectivity index (χ3v) is 5.54. The van der Waals surface area contributed by atoms with Gasteiger partial charge in [-0.05, 0) is 30.2 Å². The summed E-state index contributed by atoms with van der Waals surface area (Å²) in [6, 6.07) is 17.6. The molecule has 1 heterocycles. The second-order valence-electron chi connectivity index (χ2n) is 6.71. The Morgan fingerprint density at radius 3 is 2.50 bits per heavy atom.